The first-order valence-electron chi connectivity index (χ1n) is 12.9. The van der Waals surface area contributed by atoms with E-state index in [-0.39, 0.29) is 6.61 Å². The summed E-state index contributed by atoms with van der Waals surface area (Å²) < 4.78 is 30.8. The van der Waals surface area contributed by atoms with Crippen LogP contribution in [-0.2, 0) is 31.2 Å². The van der Waals surface area contributed by atoms with Gasteiger partial charge in [0.25, 0.3) is 0 Å². The van der Waals surface area contributed by atoms with Gasteiger partial charge in [-0.2, -0.15) is 0 Å². The molecule has 0 unspecified atom stereocenters. The number of aliphatic hydroxyl groups is 2. The quantitative estimate of drug-likeness (QED) is 0.477. The Morgan fingerprint density at radius 2 is 1.76 bits per heavy atom. The molecule has 3 aliphatic rings. The summed E-state index contributed by atoms with van der Waals surface area (Å²) in [7, 11) is 0. The zero-order chi connectivity index (χ0) is 26.5. The highest BCUT2D eigenvalue weighted by atomic mass is 35.5. The van der Waals surface area contributed by atoms with Crippen molar-refractivity contribution in [1.82, 2.24) is 0 Å². The molecule has 2 bridgehead atoms. The molecule has 6 rings (SSSR count). The maximum absolute atomic E-state index is 11.4. The monoisotopic (exact) mass is 538 g/mol. The lowest BCUT2D eigenvalue weighted by Gasteiger charge is -2.53. The standard InChI is InChI=1S/C30H31ClO7/c1-3-34-23-12-9-19(10-13-23)15-21-16-22(11-14-24(21)31)30-26(33)25(32)27-29(38-30,17-35-30)18(2)36-28(37-27)20-7-5-4-6-8-20/h4-14,16,18,25-28,32-33H,3,15,17H2,1-2H3/t18-,25-,26-,27+,28-,29-,30+/m1/s1. The molecule has 200 valence electrons. The molecule has 3 aromatic rings. The first kappa shape index (κ1) is 25.8. The lowest BCUT2D eigenvalue weighted by Crippen LogP contribution is -2.70. The molecule has 7 nitrogen and oxygen atoms in total. The van der Waals surface area contributed by atoms with Gasteiger partial charge in [-0.15, -0.1) is 0 Å². The Kier molecular flexibility index (Phi) is 6.73. The number of benzene rings is 3. The zero-order valence-corrected chi connectivity index (χ0v) is 22.0. The average molecular weight is 539 g/mol. The first-order valence-corrected chi connectivity index (χ1v) is 13.3. The molecule has 1 spiro atoms. The summed E-state index contributed by atoms with van der Waals surface area (Å²) in [6.45, 7) is 4.52. The molecule has 0 amide bonds. The van der Waals surface area contributed by atoms with Crippen LogP contribution in [0.15, 0.2) is 72.8 Å². The fourth-order valence-corrected chi connectivity index (χ4v) is 5.90. The second-order valence-electron chi connectivity index (χ2n) is 10.1. The highest BCUT2D eigenvalue weighted by Crippen LogP contribution is 2.55. The molecule has 3 aliphatic heterocycles. The van der Waals surface area contributed by atoms with Gasteiger partial charge in [0, 0.05) is 16.1 Å². The number of hydrogen-bond donors (Lipinski definition) is 2. The van der Waals surface area contributed by atoms with Gasteiger partial charge in [0.15, 0.2) is 6.29 Å². The van der Waals surface area contributed by atoms with Gasteiger partial charge < -0.3 is 33.9 Å². The molecule has 7 atom stereocenters. The van der Waals surface area contributed by atoms with Crippen LogP contribution in [0.5, 0.6) is 5.75 Å². The third-order valence-electron chi connectivity index (χ3n) is 7.79. The molecule has 3 heterocycles. The van der Waals surface area contributed by atoms with E-state index in [0.29, 0.717) is 23.6 Å². The molecule has 0 aliphatic carbocycles. The van der Waals surface area contributed by atoms with E-state index in [0.717, 1.165) is 22.4 Å². The lowest BCUT2D eigenvalue weighted by atomic mass is 9.80. The average Bonchev–Trinajstić information content (AvgIpc) is 3.31. The van der Waals surface area contributed by atoms with Gasteiger partial charge in [-0.3, -0.25) is 0 Å². The largest absolute Gasteiger partial charge is 0.494 e. The van der Waals surface area contributed by atoms with Crippen molar-refractivity contribution < 1.29 is 33.9 Å². The molecular weight excluding hydrogens is 508 g/mol. The smallest absolute Gasteiger partial charge is 0.225 e. The SMILES string of the molecule is CCOc1ccc(Cc2cc([C@]34OC[C@@]5(O3)[C@@H](C)O[C@@H](c3ccccc3)O[C@H]5[C@H](O)[C@H]4O)ccc2Cl)cc1. The van der Waals surface area contributed by atoms with Crippen LogP contribution in [0, 0.1) is 0 Å². The Hall–Kier alpha value is -2.49. The lowest BCUT2D eigenvalue weighted by molar-refractivity contribution is -0.398. The fourth-order valence-electron chi connectivity index (χ4n) is 5.72. The summed E-state index contributed by atoms with van der Waals surface area (Å²) in [6, 6.07) is 22.8. The number of rotatable bonds is 6. The van der Waals surface area contributed by atoms with Crippen molar-refractivity contribution in [1.29, 1.82) is 0 Å². The first-order chi connectivity index (χ1) is 18.4. The Balaban J connectivity index is 1.30. The predicted molar refractivity (Wildman–Crippen MR) is 140 cm³/mol. The summed E-state index contributed by atoms with van der Waals surface area (Å²) in [6.07, 6.45) is -4.14. The van der Waals surface area contributed by atoms with Crippen molar-refractivity contribution in [2.45, 2.75) is 62.4 Å². The van der Waals surface area contributed by atoms with Gasteiger partial charge in [0.1, 0.15) is 29.7 Å². The van der Waals surface area contributed by atoms with Crippen LogP contribution in [0.25, 0.3) is 0 Å². The molecule has 8 heteroatoms. The van der Waals surface area contributed by atoms with Crippen LogP contribution < -0.4 is 4.74 Å². The second kappa shape index (κ2) is 9.92. The van der Waals surface area contributed by atoms with Gasteiger partial charge in [-0.05, 0) is 55.7 Å². The Morgan fingerprint density at radius 3 is 2.50 bits per heavy atom. The number of hydrogen-bond acceptors (Lipinski definition) is 7. The van der Waals surface area contributed by atoms with Gasteiger partial charge in [0.2, 0.25) is 5.79 Å². The van der Waals surface area contributed by atoms with Crippen molar-refractivity contribution in [3.05, 3.63) is 100 Å². The summed E-state index contributed by atoms with van der Waals surface area (Å²) >= 11 is 6.58. The van der Waals surface area contributed by atoms with Gasteiger partial charge in [-0.1, -0.05) is 60.1 Å². The second-order valence-corrected chi connectivity index (χ2v) is 10.5. The molecule has 3 saturated heterocycles. The van der Waals surface area contributed by atoms with Gasteiger partial charge >= 0.3 is 0 Å². The normalized spacial score (nSPS) is 34.1. The van der Waals surface area contributed by atoms with Crippen molar-refractivity contribution in [3.63, 3.8) is 0 Å². The summed E-state index contributed by atoms with van der Waals surface area (Å²) in [5.41, 5.74) is 2.19. The van der Waals surface area contributed by atoms with Crippen LogP contribution in [0.3, 0.4) is 0 Å². The van der Waals surface area contributed by atoms with E-state index in [1.54, 1.807) is 12.1 Å². The highest BCUT2D eigenvalue weighted by Gasteiger charge is 2.71. The Bertz CT molecular complexity index is 1290. The Labute approximate surface area is 226 Å². The van der Waals surface area contributed by atoms with E-state index < -0.39 is 42.1 Å². The van der Waals surface area contributed by atoms with E-state index in [1.807, 2.05) is 74.5 Å². The van der Waals surface area contributed by atoms with E-state index in [2.05, 4.69) is 0 Å². The fraction of sp³-hybridized carbons (Fsp3) is 0.400. The molecule has 0 aromatic heterocycles. The van der Waals surface area contributed by atoms with Crippen molar-refractivity contribution in [2.24, 2.45) is 0 Å². The van der Waals surface area contributed by atoms with Crippen LogP contribution in [0.2, 0.25) is 5.02 Å². The highest BCUT2D eigenvalue weighted by molar-refractivity contribution is 6.31. The third-order valence-corrected chi connectivity index (χ3v) is 8.16. The Morgan fingerprint density at radius 1 is 1.00 bits per heavy atom. The predicted octanol–water partition coefficient (Wildman–Crippen LogP) is 4.51. The number of halogens is 1. The maximum atomic E-state index is 11.4. The minimum Gasteiger partial charge on any atom is -0.494 e. The minimum absolute atomic E-state index is 0.0886. The number of aliphatic hydroxyl groups excluding tert-OH is 2. The molecule has 38 heavy (non-hydrogen) atoms. The summed E-state index contributed by atoms with van der Waals surface area (Å²) in [5, 5.41) is 23.4. The van der Waals surface area contributed by atoms with E-state index in [4.69, 9.17) is 35.3 Å². The third kappa shape index (κ3) is 4.14. The number of ether oxygens (including phenoxy) is 5. The van der Waals surface area contributed by atoms with E-state index in [9.17, 15) is 10.2 Å². The molecule has 2 N–H and O–H groups in total. The summed E-state index contributed by atoms with van der Waals surface area (Å²) in [5.74, 6) is -0.781. The van der Waals surface area contributed by atoms with Crippen molar-refractivity contribution >= 4 is 11.6 Å². The van der Waals surface area contributed by atoms with E-state index in [1.165, 1.54) is 0 Å². The van der Waals surface area contributed by atoms with Crippen molar-refractivity contribution in [3.8, 4) is 5.75 Å². The zero-order valence-electron chi connectivity index (χ0n) is 21.2. The van der Waals surface area contributed by atoms with Crippen LogP contribution in [0.4, 0.5) is 0 Å². The molecule has 0 saturated carbocycles. The molecule has 3 aromatic carbocycles. The van der Waals surface area contributed by atoms with Gasteiger partial charge in [0.05, 0.1) is 19.3 Å². The van der Waals surface area contributed by atoms with Crippen LogP contribution in [0.1, 0.15) is 42.4 Å². The van der Waals surface area contributed by atoms with Crippen LogP contribution >= 0.6 is 11.6 Å². The van der Waals surface area contributed by atoms with Crippen LogP contribution in [-0.4, -0.2) is 53.4 Å². The summed E-state index contributed by atoms with van der Waals surface area (Å²) in [4.78, 5) is 0. The molecule has 3 fully saturated rings. The van der Waals surface area contributed by atoms with Gasteiger partial charge in [-0.25, -0.2) is 0 Å². The topological polar surface area (TPSA) is 86.6 Å². The van der Waals surface area contributed by atoms with Crippen molar-refractivity contribution in [2.75, 3.05) is 13.2 Å². The van der Waals surface area contributed by atoms with E-state index >= 15 is 0 Å². The minimum atomic E-state index is -1.59. The maximum Gasteiger partial charge on any atom is 0.225 e. The number of fused-ring (bicyclic) bond motifs is 1. The molecular formula is C30H31ClO7. The molecule has 0 radical (unpaired) electrons.